The molecule has 7 nitrogen and oxygen atoms in total. The summed E-state index contributed by atoms with van der Waals surface area (Å²) in [4.78, 5) is 18.0. The highest BCUT2D eigenvalue weighted by molar-refractivity contribution is 7.93. The Kier molecular flexibility index (Phi) is 4.27. The fourth-order valence-electron chi connectivity index (χ4n) is 3.76. The first-order valence-electron chi connectivity index (χ1n) is 8.86. The molecule has 1 amide bonds. The maximum Gasteiger partial charge on any atom is 0.298 e. The number of hydrogen-bond donors (Lipinski definition) is 0. The van der Waals surface area contributed by atoms with Crippen LogP contribution < -0.4 is 4.90 Å². The van der Waals surface area contributed by atoms with E-state index >= 15 is 0 Å². The lowest BCUT2D eigenvalue weighted by molar-refractivity contribution is -0.115. The largest absolute Gasteiger partial charge is 0.423 e. The van der Waals surface area contributed by atoms with E-state index in [0.717, 1.165) is 16.7 Å². The van der Waals surface area contributed by atoms with E-state index in [9.17, 15) is 9.00 Å². The van der Waals surface area contributed by atoms with Crippen LogP contribution in [0.4, 0.5) is 6.01 Å². The van der Waals surface area contributed by atoms with Crippen LogP contribution in [-0.4, -0.2) is 51.9 Å². The van der Waals surface area contributed by atoms with Gasteiger partial charge in [-0.2, -0.15) is 9.35 Å². The number of hydrogen-bond acceptors (Lipinski definition) is 6. The highest BCUT2D eigenvalue weighted by atomic mass is 32.2. The first-order valence-corrected chi connectivity index (χ1v) is 10.7. The van der Waals surface area contributed by atoms with Crippen LogP contribution in [0, 0.1) is 6.92 Å². The molecule has 2 fully saturated rings. The normalized spacial score (nSPS) is 29.2. The fourth-order valence-corrected chi connectivity index (χ4v) is 6.00. The Hall–Kier alpha value is -1.93. The molecule has 1 aromatic carbocycles. The van der Waals surface area contributed by atoms with Crippen LogP contribution in [0.3, 0.4) is 0 Å². The highest BCUT2D eigenvalue weighted by Crippen LogP contribution is 2.34. The molecule has 2 saturated heterocycles. The van der Waals surface area contributed by atoms with Crippen molar-refractivity contribution in [1.29, 1.82) is 0 Å². The zero-order valence-electron chi connectivity index (χ0n) is 15.1. The summed E-state index contributed by atoms with van der Waals surface area (Å²) in [6, 6.07) is 6.51. The second-order valence-corrected chi connectivity index (χ2v) is 9.71. The maximum absolute atomic E-state index is 12.7. The van der Waals surface area contributed by atoms with Crippen LogP contribution in [0.2, 0.25) is 0 Å². The number of amides is 1. The van der Waals surface area contributed by atoms with Gasteiger partial charge in [0.25, 0.3) is 11.9 Å². The van der Waals surface area contributed by atoms with E-state index in [1.54, 1.807) is 0 Å². The number of anilines is 1. The SMILES string of the molecule is CC(=O)N=S1(=O)CCC2(CC1)CN(c1nc3c(C)cccc3o1)CCO2. The molecule has 2 aliphatic rings. The van der Waals surface area contributed by atoms with Gasteiger partial charge in [0.05, 0.1) is 28.5 Å². The van der Waals surface area contributed by atoms with Gasteiger partial charge in [-0.25, -0.2) is 4.21 Å². The average molecular weight is 377 g/mol. The highest BCUT2D eigenvalue weighted by Gasteiger charge is 2.42. The molecular formula is C18H23N3O4S. The third-order valence-electron chi connectivity index (χ3n) is 5.18. The summed E-state index contributed by atoms with van der Waals surface area (Å²) in [5, 5.41) is 0. The van der Waals surface area contributed by atoms with E-state index in [-0.39, 0.29) is 11.5 Å². The number of aromatic nitrogens is 1. The molecule has 1 spiro atoms. The number of aryl methyl sites for hydroxylation is 1. The summed E-state index contributed by atoms with van der Waals surface area (Å²) in [6.45, 7) is 5.30. The first-order chi connectivity index (χ1) is 12.4. The molecule has 0 unspecified atom stereocenters. The van der Waals surface area contributed by atoms with Crippen molar-refractivity contribution in [1.82, 2.24) is 4.98 Å². The van der Waals surface area contributed by atoms with Gasteiger partial charge in [-0.15, -0.1) is 0 Å². The number of fused-ring (bicyclic) bond motifs is 1. The Morgan fingerprint density at radius 2 is 2.12 bits per heavy atom. The molecule has 2 aromatic rings. The van der Waals surface area contributed by atoms with E-state index < -0.39 is 9.73 Å². The van der Waals surface area contributed by atoms with Crippen molar-refractivity contribution in [2.45, 2.75) is 32.3 Å². The predicted octanol–water partition coefficient (Wildman–Crippen LogP) is 2.52. The number of benzene rings is 1. The van der Waals surface area contributed by atoms with Crippen LogP contribution >= 0.6 is 0 Å². The molecule has 0 saturated carbocycles. The molecule has 0 aliphatic carbocycles. The molecule has 0 N–H and O–H groups in total. The van der Waals surface area contributed by atoms with Crippen LogP contribution in [0.15, 0.2) is 27.0 Å². The number of oxazole rings is 1. The van der Waals surface area contributed by atoms with Crippen molar-refractivity contribution >= 4 is 32.8 Å². The Balaban J connectivity index is 1.55. The standard InChI is InChI=1S/C18H23N3O4S/c1-13-4-3-5-15-16(13)19-17(25-15)21-8-9-24-18(12-21)6-10-26(23,11-7-18)20-14(2)22/h3-5H,6-12H2,1-2H3. The Morgan fingerprint density at radius 1 is 1.35 bits per heavy atom. The molecular weight excluding hydrogens is 354 g/mol. The molecule has 3 heterocycles. The number of carbonyl (C=O) groups excluding carboxylic acids is 1. The fraction of sp³-hybridized carbons (Fsp3) is 0.556. The van der Waals surface area contributed by atoms with Gasteiger partial charge in [0.2, 0.25) is 0 Å². The van der Waals surface area contributed by atoms with Gasteiger partial charge in [-0.3, -0.25) is 4.79 Å². The number of rotatable bonds is 1. The van der Waals surface area contributed by atoms with Crippen molar-refractivity contribution in [3.05, 3.63) is 23.8 Å². The molecule has 1 aromatic heterocycles. The minimum atomic E-state index is -2.44. The van der Waals surface area contributed by atoms with Gasteiger partial charge in [0.1, 0.15) is 5.52 Å². The molecule has 4 rings (SSSR count). The monoisotopic (exact) mass is 377 g/mol. The molecule has 8 heteroatoms. The third-order valence-corrected chi connectivity index (χ3v) is 7.45. The summed E-state index contributed by atoms with van der Waals surface area (Å²) in [7, 11) is -2.44. The lowest BCUT2D eigenvalue weighted by atomic mass is 9.94. The van der Waals surface area contributed by atoms with Crippen LogP contribution in [0.25, 0.3) is 11.1 Å². The first kappa shape index (κ1) is 17.5. The third kappa shape index (κ3) is 3.23. The van der Waals surface area contributed by atoms with Crippen LogP contribution in [-0.2, 0) is 19.3 Å². The predicted molar refractivity (Wildman–Crippen MR) is 99.9 cm³/mol. The van der Waals surface area contributed by atoms with E-state index in [0.29, 0.717) is 50.1 Å². The topological polar surface area (TPSA) is 85.0 Å². The Bertz CT molecular complexity index is 960. The summed E-state index contributed by atoms with van der Waals surface area (Å²) < 4.78 is 28.6. The quantitative estimate of drug-likeness (QED) is 0.759. The van der Waals surface area contributed by atoms with Gasteiger partial charge in [0, 0.05) is 25.0 Å². The molecule has 140 valence electrons. The van der Waals surface area contributed by atoms with E-state index in [1.165, 1.54) is 6.92 Å². The number of ether oxygens (including phenoxy) is 1. The minimum absolute atomic E-state index is 0.362. The van der Waals surface area contributed by atoms with Crippen molar-refractivity contribution in [2.24, 2.45) is 4.36 Å². The maximum atomic E-state index is 12.7. The van der Waals surface area contributed by atoms with Crippen molar-refractivity contribution < 1.29 is 18.2 Å². The van der Waals surface area contributed by atoms with Gasteiger partial charge in [-0.1, -0.05) is 12.1 Å². The van der Waals surface area contributed by atoms with Gasteiger partial charge >= 0.3 is 0 Å². The summed E-state index contributed by atoms with van der Waals surface area (Å²) >= 11 is 0. The van der Waals surface area contributed by atoms with Crippen molar-refractivity contribution in [3.63, 3.8) is 0 Å². The van der Waals surface area contributed by atoms with Gasteiger partial charge in [-0.05, 0) is 31.4 Å². The summed E-state index contributed by atoms with van der Waals surface area (Å²) in [5.41, 5.74) is 2.38. The number of morpholine rings is 1. The van der Waals surface area contributed by atoms with Crippen LogP contribution in [0.5, 0.6) is 0 Å². The number of para-hydroxylation sites is 1. The van der Waals surface area contributed by atoms with E-state index in [4.69, 9.17) is 9.15 Å². The smallest absolute Gasteiger partial charge is 0.298 e. The second kappa shape index (κ2) is 6.35. The van der Waals surface area contributed by atoms with Gasteiger partial charge < -0.3 is 14.1 Å². The summed E-state index contributed by atoms with van der Waals surface area (Å²) in [6.07, 6.45) is 1.25. The molecule has 2 aliphatic heterocycles. The zero-order chi connectivity index (χ0) is 18.4. The Morgan fingerprint density at radius 3 is 2.81 bits per heavy atom. The van der Waals surface area contributed by atoms with Gasteiger partial charge in [0.15, 0.2) is 5.58 Å². The second-order valence-electron chi connectivity index (χ2n) is 7.16. The average Bonchev–Trinajstić information content (AvgIpc) is 3.04. The van der Waals surface area contributed by atoms with E-state index in [2.05, 4.69) is 14.2 Å². The minimum Gasteiger partial charge on any atom is -0.423 e. The molecule has 0 radical (unpaired) electrons. The summed E-state index contributed by atoms with van der Waals surface area (Å²) in [5.74, 6) is 0.430. The van der Waals surface area contributed by atoms with Crippen molar-refractivity contribution in [2.75, 3.05) is 36.1 Å². The lowest BCUT2D eigenvalue weighted by Gasteiger charge is -2.44. The zero-order valence-corrected chi connectivity index (χ0v) is 15.9. The molecule has 0 bridgehead atoms. The molecule has 26 heavy (non-hydrogen) atoms. The molecule has 0 atom stereocenters. The van der Waals surface area contributed by atoms with Crippen LogP contribution in [0.1, 0.15) is 25.3 Å². The number of carbonyl (C=O) groups is 1. The van der Waals surface area contributed by atoms with Crippen molar-refractivity contribution in [3.8, 4) is 0 Å². The lowest BCUT2D eigenvalue weighted by Crippen LogP contribution is -2.55. The van der Waals surface area contributed by atoms with E-state index in [1.807, 2.05) is 25.1 Å². The Labute approximate surface area is 152 Å². The number of nitrogens with zero attached hydrogens (tertiary/aromatic N) is 3.